The summed E-state index contributed by atoms with van der Waals surface area (Å²) in [5.74, 6) is -1.56. The average molecular weight is 488 g/mol. The van der Waals surface area contributed by atoms with Gasteiger partial charge in [0.15, 0.2) is 18.1 Å². The number of amides is 3. The fourth-order valence-corrected chi connectivity index (χ4v) is 3.70. The van der Waals surface area contributed by atoms with E-state index in [2.05, 4.69) is 10.1 Å². The van der Waals surface area contributed by atoms with Crippen LogP contribution in [0.1, 0.15) is 12.5 Å². The molecule has 3 rings (SSSR count). The number of hydrogen-bond donors (Lipinski definition) is 1. The molecule has 1 aliphatic rings. The van der Waals surface area contributed by atoms with Gasteiger partial charge in [-0.1, -0.05) is 6.07 Å². The number of hydrogen-bond acceptors (Lipinski definition) is 8. The quantitative estimate of drug-likeness (QED) is 0.422. The molecule has 1 heterocycles. The Kier molecular flexibility index (Phi) is 8.25. The summed E-state index contributed by atoms with van der Waals surface area (Å²) in [5.41, 5.74) is 0.891. The maximum absolute atomic E-state index is 13.0. The summed E-state index contributed by atoms with van der Waals surface area (Å²) in [4.78, 5) is 49.6. The van der Waals surface area contributed by atoms with E-state index < -0.39 is 35.4 Å². The first-order valence-electron chi connectivity index (χ1n) is 10.1. The Bertz CT molecular complexity index is 1130. The van der Waals surface area contributed by atoms with Gasteiger partial charge in [0.25, 0.3) is 11.1 Å². The summed E-state index contributed by atoms with van der Waals surface area (Å²) >= 11 is 0.703. The van der Waals surface area contributed by atoms with Crippen molar-refractivity contribution >= 4 is 46.5 Å². The summed E-state index contributed by atoms with van der Waals surface area (Å²) in [6, 6.07) is 9.90. The number of nitrogens with zero attached hydrogens (tertiary/aromatic N) is 1. The number of imide groups is 1. The zero-order valence-corrected chi connectivity index (χ0v) is 19.1. The number of halogens is 1. The standard InChI is InChI=1S/C23H21FN2O7S/c1-3-32-18-10-14(4-9-17(18)33-13-21(28)31-2)11-19-22(29)26(23(30)34-19)12-20(27)25-16-7-5-15(24)6-8-16/h4-11H,3,12-13H2,1-2H3,(H,25,27)/b19-11+. The van der Waals surface area contributed by atoms with Crippen molar-refractivity contribution in [3.8, 4) is 11.5 Å². The fourth-order valence-electron chi connectivity index (χ4n) is 2.86. The molecule has 1 fully saturated rings. The van der Waals surface area contributed by atoms with Gasteiger partial charge >= 0.3 is 5.97 Å². The summed E-state index contributed by atoms with van der Waals surface area (Å²) in [7, 11) is 1.25. The van der Waals surface area contributed by atoms with E-state index in [1.54, 1.807) is 25.1 Å². The van der Waals surface area contributed by atoms with E-state index >= 15 is 0 Å². The van der Waals surface area contributed by atoms with Crippen LogP contribution in [0.15, 0.2) is 47.4 Å². The average Bonchev–Trinajstić information content (AvgIpc) is 3.07. The van der Waals surface area contributed by atoms with E-state index in [0.717, 1.165) is 4.90 Å². The lowest BCUT2D eigenvalue weighted by Gasteiger charge is -2.13. The molecule has 9 nitrogen and oxygen atoms in total. The SMILES string of the molecule is CCOc1cc(/C=C2/SC(=O)N(CC(=O)Nc3ccc(F)cc3)C2=O)ccc1OCC(=O)OC. The van der Waals surface area contributed by atoms with Crippen molar-refractivity contribution < 1.29 is 37.8 Å². The number of carbonyl (C=O) groups is 4. The van der Waals surface area contributed by atoms with Gasteiger partial charge in [-0.25, -0.2) is 9.18 Å². The van der Waals surface area contributed by atoms with Gasteiger partial charge in [0, 0.05) is 5.69 Å². The smallest absolute Gasteiger partial charge is 0.343 e. The maximum atomic E-state index is 13.0. The number of ether oxygens (including phenoxy) is 3. The number of nitrogens with one attached hydrogen (secondary N) is 1. The third kappa shape index (κ3) is 6.35. The molecule has 0 unspecified atom stereocenters. The van der Waals surface area contributed by atoms with Crippen molar-refractivity contribution in [2.24, 2.45) is 0 Å². The largest absolute Gasteiger partial charge is 0.490 e. The van der Waals surface area contributed by atoms with Crippen LogP contribution in [0.4, 0.5) is 14.9 Å². The Hall–Kier alpha value is -3.86. The molecule has 3 amide bonds. The summed E-state index contributed by atoms with van der Waals surface area (Å²) in [5, 5.41) is 1.92. The minimum atomic E-state index is -0.617. The van der Waals surface area contributed by atoms with Crippen LogP contribution < -0.4 is 14.8 Å². The molecule has 0 aromatic heterocycles. The number of benzene rings is 2. The Labute approximate surface area is 198 Å². The lowest BCUT2D eigenvalue weighted by molar-refractivity contribution is -0.143. The van der Waals surface area contributed by atoms with E-state index in [9.17, 15) is 23.6 Å². The van der Waals surface area contributed by atoms with E-state index in [4.69, 9.17) is 9.47 Å². The van der Waals surface area contributed by atoms with Crippen LogP contribution in [0, 0.1) is 5.82 Å². The number of anilines is 1. The second-order valence-corrected chi connectivity index (χ2v) is 7.82. The van der Waals surface area contributed by atoms with Gasteiger partial charge in [0.05, 0.1) is 18.6 Å². The van der Waals surface area contributed by atoms with Gasteiger partial charge in [0.2, 0.25) is 5.91 Å². The van der Waals surface area contributed by atoms with E-state index in [-0.39, 0.29) is 11.5 Å². The van der Waals surface area contributed by atoms with E-state index in [0.29, 0.717) is 41.1 Å². The number of carbonyl (C=O) groups excluding carboxylic acids is 4. The number of methoxy groups -OCH3 is 1. The molecule has 0 atom stereocenters. The molecule has 0 spiro atoms. The van der Waals surface area contributed by atoms with Crippen LogP contribution in [0.5, 0.6) is 11.5 Å². The molecular formula is C23H21FN2O7S. The highest BCUT2D eigenvalue weighted by Gasteiger charge is 2.36. The normalized spacial score (nSPS) is 14.3. The summed E-state index contributed by atoms with van der Waals surface area (Å²) in [6.07, 6.45) is 1.50. The van der Waals surface area contributed by atoms with Crippen molar-refractivity contribution in [3.63, 3.8) is 0 Å². The van der Waals surface area contributed by atoms with Crippen LogP contribution in [0.2, 0.25) is 0 Å². The first kappa shape index (κ1) is 24.8. The molecule has 0 saturated carbocycles. The molecule has 0 bridgehead atoms. The predicted molar refractivity (Wildman–Crippen MR) is 123 cm³/mol. The Morgan fingerprint density at radius 1 is 1.09 bits per heavy atom. The lowest BCUT2D eigenvalue weighted by atomic mass is 10.2. The second kappa shape index (κ2) is 11.3. The highest BCUT2D eigenvalue weighted by Crippen LogP contribution is 2.34. The van der Waals surface area contributed by atoms with Crippen molar-refractivity contribution in [2.45, 2.75) is 6.92 Å². The predicted octanol–water partition coefficient (Wildman–Crippen LogP) is 3.45. The molecule has 1 N–H and O–H groups in total. The molecule has 2 aromatic carbocycles. The molecule has 0 radical (unpaired) electrons. The van der Waals surface area contributed by atoms with Crippen molar-refractivity contribution in [3.05, 3.63) is 58.8 Å². The van der Waals surface area contributed by atoms with Gasteiger partial charge < -0.3 is 19.5 Å². The summed E-state index contributed by atoms with van der Waals surface area (Å²) < 4.78 is 28.5. The van der Waals surface area contributed by atoms with Crippen LogP contribution in [-0.4, -0.2) is 54.8 Å². The molecule has 1 aliphatic heterocycles. The monoisotopic (exact) mass is 488 g/mol. The zero-order valence-electron chi connectivity index (χ0n) is 18.3. The Balaban J connectivity index is 1.70. The van der Waals surface area contributed by atoms with Gasteiger partial charge in [-0.05, 0) is 66.7 Å². The molecule has 2 aromatic rings. The first-order valence-corrected chi connectivity index (χ1v) is 10.9. The molecule has 34 heavy (non-hydrogen) atoms. The highest BCUT2D eigenvalue weighted by atomic mass is 32.2. The molecule has 0 aliphatic carbocycles. The van der Waals surface area contributed by atoms with Gasteiger partial charge in [-0.3, -0.25) is 19.3 Å². The van der Waals surface area contributed by atoms with Crippen LogP contribution >= 0.6 is 11.8 Å². The third-order valence-corrected chi connectivity index (χ3v) is 5.35. The van der Waals surface area contributed by atoms with E-state index in [1.165, 1.54) is 37.5 Å². The topological polar surface area (TPSA) is 111 Å². The van der Waals surface area contributed by atoms with Crippen molar-refractivity contribution in [1.82, 2.24) is 4.90 Å². The Morgan fingerprint density at radius 2 is 1.82 bits per heavy atom. The van der Waals surface area contributed by atoms with Gasteiger partial charge in [-0.15, -0.1) is 0 Å². The van der Waals surface area contributed by atoms with E-state index in [1.807, 2.05) is 0 Å². The van der Waals surface area contributed by atoms with Gasteiger partial charge in [-0.2, -0.15) is 0 Å². The maximum Gasteiger partial charge on any atom is 0.343 e. The van der Waals surface area contributed by atoms with Crippen molar-refractivity contribution in [2.75, 3.05) is 32.2 Å². The highest BCUT2D eigenvalue weighted by molar-refractivity contribution is 8.18. The molecular weight excluding hydrogens is 467 g/mol. The number of esters is 1. The minimum Gasteiger partial charge on any atom is -0.490 e. The zero-order chi connectivity index (χ0) is 24.7. The number of thioether (sulfide) groups is 1. The van der Waals surface area contributed by atoms with Crippen molar-refractivity contribution in [1.29, 1.82) is 0 Å². The second-order valence-electron chi connectivity index (χ2n) is 6.83. The number of rotatable bonds is 9. The van der Waals surface area contributed by atoms with Crippen LogP contribution in [0.25, 0.3) is 6.08 Å². The summed E-state index contributed by atoms with van der Waals surface area (Å²) in [6.45, 7) is 1.33. The third-order valence-electron chi connectivity index (χ3n) is 4.44. The fraction of sp³-hybridized carbons (Fsp3) is 0.217. The minimum absolute atomic E-state index is 0.130. The van der Waals surface area contributed by atoms with Crippen LogP contribution in [0.3, 0.4) is 0 Å². The molecule has 1 saturated heterocycles. The molecule has 11 heteroatoms. The van der Waals surface area contributed by atoms with Gasteiger partial charge in [0.1, 0.15) is 12.4 Å². The van der Waals surface area contributed by atoms with Crippen LogP contribution in [-0.2, 0) is 19.1 Å². The Morgan fingerprint density at radius 3 is 2.50 bits per heavy atom. The lowest BCUT2D eigenvalue weighted by Crippen LogP contribution is -2.36. The molecule has 178 valence electrons. The first-order chi connectivity index (χ1) is 16.3.